The lowest BCUT2D eigenvalue weighted by atomic mass is 9.91. The first-order valence-electron chi connectivity index (χ1n) is 13.7. The first-order chi connectivity index (χ1) is 19.7. The second-order valence-corrected chi connectivity index (χ2v) is 12.4. The van der Waals surface area contributed by atoms with Crippen molar-refractivity contribution in [3.8, 4) is 5.75 Å². The highest BCUT2D eigenvalue weighted by atomic mass is 35.5. The standard InChI is InChI=1S/C30H36ClF6NO5/c1-26(2,3)43-25(39)38-28(17-41-27(4,5)42-18-28)13-12-19-8-11-24(22(15-19)30(35,36)37)40-14-6-7-20-9-10-21(16-23(20)31)29(32,33)34/h8-11,15-16H,6-7,12-14,17-18H2,1-5H3,(H,38,39). The molecule has 1 aliphatic rings. The first-order valence-corrected chi connectivity index (χ1v) is 14.0. The monoisotopic (exact) mass is 639 g/mol. The van der Waals surface area contributed by atoms with Crippen LogP contribution in [0.25, 0.3) is 0 Å². The second kappa shape index (κ2) is 13.1. The maximum absolute atomic E-state index is 14.0. The molecule has 0 radical (unpaired) electrons. The van der Waals surface area contributed by atoms with Gasteiger partial charge in [-0.15, -0.1) is 0 Å². The molecular formula is C30H36ClF6NO5. The summed E-state index contributed by atoms with van der Waals surface area (Å²) in [5, 5.41) is 2.71. The number of alkyl carbamates (subject to hydrolysis) is 1. The van der Waals surface area contributed by atoms with Crippen molar-refractivity contribution in [3.05, 3.63) is 63.7 Å². The van der Waals surface area contributed by atoms with Gasteiger partial charge in [-0.3, -0.25) is 0 Å². The van der Waals surface area contributed by atoms with Crippen LogP contribution in [0.15, 0.2) is 36.4 Å². The lowest BCUT2D eigenvalue weighted by Crippen LogP contribution is -2.61. The van der Waals surface area contributed by atoms with Gasteiger partial charge in [-0.25, -0.2) is 4.79 Å². The van der Waals surface area contributed by atoms with Crippen LogP contribution in [0.1, 0.15) is 69.7 Å². The fourth-order valence-electron chi connectivity index (χ4n) is 4.34. The number of alkyl halides is 6. The van der Waals surface area contributed by atoms with E-state index in [1.165, 1.54) is 18.2 Å². The predicted octanol–water partition coefficient (Wildman–Crippen LogP) is 8.37. The quantitative estimate of drug-likeness (QED) is 0.221. The van der Waals surface area contributed by atoms with E-state index in [-0.39, 0.29) is 56.3 Å². The number of hydrogen-bond donors (Lipinski definition) is 1. The van der Waals surface area contributed by atoms with Gasteiger partial charge in [0.15, 0.2) is 5.79 Å². The fraction of sp³-hybridized carbons (Fsp3) is 0.567. The molecule has 240 valence electrons. The van der Waals surface area contributed by atoms with E-state index in [9.17, 15) is 31.1 Å². The number of aryl methyl sites for hydroxylation is 2. The summed E-state index contributed by atoms with van der Waals surface area (Å²) in [6.45, 7) is 8.58. The van der Waals surface area contributed by atoms with Crippen molar-refractivity contribution in [2.45, 2.75) is 89.6 Å². The molecule has 1 amide bonds. The van der Waals surface area contributed by atoms with Gasteiger partial charge in [0, 0.05) is 5.02 Å². The van der Waals surface area contributed by atoms with Gasteiger partial charge < -0.3 is 24.3 Å². The van der Waals surface area contributed by atoms with Gasteiger partial charge in [-0.1, -0.05) is 23.7 Å². The van der Waals surface area contributed by atoms with E-state index in [0.29, 0.717) is 11.1 Å². The molecule has 0 aromatic heterocycles. The van der Waals surface area contributed by atoms with Crippen molar-refractivity contribution in [2.75, 3.05) is 19.8 Å². The predicted molar refractivity (Wildman–Crippen MR) is 148 cm³/mol. The highest BCUT2D eigenvalue weighted by molar-refractivity contribution is 6.31. The smallest absolute Gasteiger partial charge is 0.419 e. The molecule has 1 fully saturated rings. The van der Waals surface area contributed by atoms with E-state index in [1.54, 1.807) is 34.6 Å². The van der Waals surface area contributed by atoms with Crippen LogP contribution in [0.2, 0.25) is 5.02 Å². The molecule has 1 aliphatic heterocycles. The molecule has 0 spiro atoms. The summed E-state index contributed by atoms with van der Waals surface area (Å²) >= 11 is 5.96. The third-order valence-electron chi connectivity index (χ3n) is 6.63. The number of carbonyl (C=O) groups is 1. The van der Waals surface area contributed by atoms with Crippen LogP contribution >= 0.6 is 11.6 Å². The number of amides is 1. The molecule has 3 rings (SSSR count). The lowest BCUT2D eigenvalue weighted by Gasteiger charge is -2.44. The Bertz CT molecular complexity index is 1260. The van der Waals surface area contributed by atoms with Crippen molar-refractivity contribution in [3.63, 3.8) is 0 Å². The number of carbonyl (C=O) groups excluding carboxylic acids is 1. The number of ether oxygens (including phenoxy) is 4. The molecule has 0 aliphatic carbocycles. The van der Waals surface area contributed by atoms with Crippen LogP contribution in [0.3, 0.4) is 0 Å². The molecule has 0 unspecified atom stereocenters. The van der Waals surface area contributed by atoms with Crippen LogP contribution in [0.4, 0.5) is 31.1 Å². The molecule has 6 nitrogen and oxygen atoms in total. The number of rotatable bonds is 9. The van der Waals surface area contributed by atoms with Gasteiger partial charge in [0.2, 0.25) is 0 Å². The summed E-state index contributed by atoms with van der Waals surface area (Å²) in [5.41, 5.74) is -2.87. The van der Waals surface area contributed by atoms with Crippen LogP contribution in [-0.2, 0) is 39.4 Å². The van der Waals surface area contributed by atoms with Gasteiger partial charge in [-0.2, -0.15) is 26.3 Å². The Kier molecular flexibility index (Phi) is 10.6. The zero-order chi connectivity index (χ0) is 32.3. The van der Waals surface area contributed by atoms with E-state index in [0.717, 1.165) is 18.2 Å². The third-order valence-corrected chi connectivity index (χ3v) is 6.98. The topological polar surface area (TPSA) is 66.0 Å². The number of hydrogen-bond acceptors (Lipinski definition) is 5. The van der Waals surface area contributed by atoms with Crippen LogP contribution < -0.4 is 10.1 Å². The van der Waals surface area contributed by atoms with Crippen molar-refractivity contribution < 1.29 is 50.1 Å². The summed E-state index contributed by atoms with van der Waals surface area (Å²) in [6.07, 6.45) is -9.15. The molecule has 13 heteroatoms. The van der Waals surface area contributed by atoms with E-state index in [1.807, 2.05) is 0 Å². The summed E-state index contributed by atoms with van der Waals surface area (Å²) in [6, 6.07) is 6.70. The molecule has 0 atom stereocenters. The minimum absolute atomic E-state index is 0.0650. The zero-order valence-electron chi connectivity index (χ0n) is 24.6. The molecule has 1 N–H and O–H groups in total. The summed E-state index contributed by atoms with van der Waals surface area (Å²) < 4.78 is 103. The maximum atomic E-state index is 14.0. The van der Waals surface area contributed by atoms with Gasteiger partial charge in [0.25, 0.3) is 0 Å². The van der Waals surface area contributed by atoms with E-state index < -0.39 is 46.5 Å². The largest absolute Gasteiger partial charge is 0.493 e. The van der Waals surface area contributed by atoms with Crippen molar-refractivity contribution in [1.29, 1.82) is 0 Å². The Balaban J connectivity index is 1.68. The molecule has 43 heavy (non-hydrogen) atoms. The van der Waals surface area contributed by atoms with Gasteiger partial charge >= 0.3 is 18.4 Å². The lowest BCUT2D eigenvalue weighted by molar-refractivity contribution is -0.271. The number of halogens is 7. The number of benzene rings is 2. The molecule has 2 aromatic carbocycles. The average molecular weight is 640 g/mol. The van der Waals surface area contributed by atoms with Gasteiger partial charge in [0.1, 0.15) is 11.4 Å². The summed E-state index contributed by atoms with van der Waals surface area (Å²) in [5.74, 6) is -1.26. The van der Waals surface area contributed by atoms with Crippen molar-refractivity contribution in [2.24, 2.45) is 0 Å². The Morgan fingerprint density at radius 2 is 1.60 bits per heavy atom. The summed E-state index contributed by atoms with van der Waals surface area (Å²) in [7, 11) is 0. The van der Waals surface area contributed by atoms with Crippen molar-refractivity contribution in [1.82, 2.24) is 5.32 Å². The van der Waals surface area contributed by atoms with Gasteiger partial charge in [-0.05, 0) is 95.7 Å². The Morgan fingerprint density at radius 1 is 0.953 bits per heavy atom. The zero-order valence-corrected chi connectivity index (χ0v) is 25.4. The van der Waals surface area contributed by atoms with E-state index in [4.69, 9.17) is 30.5 Å². The average Bonchev–Trinajstić information content (AvgIpc) is 2.86. The normalized spacial score (nSPS) is 16.9. The molecule has 1 saturated heterocycles. The highest BCUT2D eigenvalue weighted by Crippen LogP contribution is 2.38. The molecule has 0 bridgehead atoms. The van der Waals surface area contributed by atoms with Gasteiger partial charge in [0.05, 0.1) is 36.5 Å². The Labute approximate surface area is 252 Å². The second-order valence-electron chi connectivity index (χ2n) is 12.0. The first kappa shape index (κ1) is 34.8. The highest BCUT2D eigenvalue weighted by Gasteiger charge is 2.42. The van der Waals surface area contributed by atoms with Crippen LogP contribution in [-0.4, -0.2) is 42.8 Å². The van der Waals surface area contributed by atoms with E-state index >= 15 is 0 Å². The maximum Gasteiger partial charge on any atom is 0.419 e. The van der Waals surface area contributed by atoms with Crippen molar-refractivity contribution >= 4 is 17.7 Å². The SMILES string of the molecule is CC(C)(C)OC(=O)NC1(CCc2ccc(OCCCc3ccc(C(F)(F)F)cc3Cl)c(C(F)(F)F)c2)COC(C)(C)OC1. The van der Waals surface area contributed by atoms with Crippen LogP contribution in [0.5, 0.6) is 5.75 Å². The Morgan fingerprint density at radius 3 is 2.16 bits per heavy atom. The van der Waals surface area contributed by atoms with E-state index in [2.05, 4.69) is 5.32 Å². The minimum Gasteiger partial charge on any atom is -0.493 e. The molecule has 0 saturated carbocycles. The summed E-state index contributed by atoms with van der Waals surface area (Å²) in [4.78, 5) is 12.6. The molecular weight excluding hydrogens is 604 g/mol. The molecule has 1 heterocycles. The Hall–Kier alpha value is -2.70. The van der Waals surface area contributed by atoms with Crippen LogP contribution in [0, 0.1) is 0 Å². The number of nitrogens with one attached hydrogen (secondary N) is 1. The minimum atomic E-state index is -4.71. The molecule has 2 aromatic rings. The third kappa shape index (κ3) is 10.5. The fourth-order valence-corrected chi connectivity index (χ4v) is 4.62.